The molecule has 0 saturated carbocycles. The molecule has 2 heteroatoms. The van der Waals surface area contributed by atoms with Crippen LogP contribution in [0.5, 0.6) is 0 Å². The van der Waals surface area contributed by atoms with Crippen LogP contribution in [0.1, 0.15) is 48.1 Å². The molecule has 1 nitrogen and oxygen atoms in total. The maximum Gasteiger partial charge on any atom is 0.104 e. The highest BCUT2D eigenvalue weighted by Crippen LogP contribution is 2.27. The van der Waals surface area contributed by atoms with Gasteiger partial charge in [-0.15, -0.1) is 0 Å². The van der Waals surface area contributed by atoms with Gasteiger partial charge < -0.3 is 5.11 Å². The topological polar surface area (TPSA) is 20.2 Å². The van der Waals surface area contributed by atoms with E-state index in [2.05, 4.69) is 41.9 Å². The summed E-state index contributed by atoms with van der Waals surface area (Å²) >= 11 is 3.51. The average molecular weight is 319 g/mol. The maximum atomic E-state index is 10.4. The Balaban J connectivity index is 2.27. The van der Waals surface area contributed by atoms with Gasteiger partial charge in [0.15, 0.2) is 0 Å². The smallest absolute Gasteiger partial charge is 0.104 e. The fraction of sp³-hybridized carbons (Fsp3) is 0.294. The van der Waals surface area contributed by atoms with Crippen LogP contribution in [0.3, 0.4) is 0 Å². The Morgan fingerprint density at radius 1 is 0.895 bits per heavy atom. The number of halogens is 1. The zero-order chi connectivity index (χ0) is 14.0. The van der Waals surface area contributed by atoms with E-state index in [1.54, 1.807) is 0 Å². The Kier molecular flexibility index (Phi) is 4.43. The van der Waals surface area contributed by atoms with Crippen LogP contribution < -0.4 is 0 Å². The average Bonchev–Trinajstić information content (AvgIpc) is 2.41. The fourth-order valence-corrected chi connectivity index (χ4v) is 2.43. The van der Waals surface area contributed by atoms with Crippen LogP contribution >= 0.6 is 15.9 Å². The molecule has 0 aliphatic carbocycles. The highest BCUT2D eigenvalue weighted by atomic mass is 79.9. The molecule has 100 valence electrons. The molecule has 1 N–H and O–H groups in total. The highest BCUT2D eigenvalue weighted by Gasteiger charge is 2.11. The molecule has 0 amide bonds. The molecule has 19 heavy (non-hydrogen) atoms. The molecule has 0 spiro atoms. The summed E-state index contributed by atoms with van der Waals surface area (Å²) in [5, 5.41) is 10.4. The number of rotatable bonds is 3. The van der Waals surface area contributed by atoms with Crippen LogP contribution in [0.2, 0.25) is 0 Å². The number of benzene rings is 2. The largest absolute Gasteiger partial charge is 0.384 e. The molecule has 2 rings (SSSR count). The number of hydrogen-bond donors (Lipinski definition) is 1. The van der Waals surface area contributed by atoms with E-state index in [0.29, 0.717) is 5.92 Å². The Hall–Kier alpha value is -1.12. The standard InChI is InChI=1S/C17H19BrO/c1-11(2)13-6-8-14(9-7-13)17(19)15-5-4-12(3)16(18)10-15/h4-11,17,19H,1-3H3. The van der Waals surface area contributed by atoms with Crippen molar-refractivity contribution >= 4 is 15.9 Å². The number of hydrogen-bond acceptors (Lipinski definition) is 1. The second-order valence-corrected chi connectivity index (χ2v) is 6.09. The molecular formula is C17H19BrO. The van der Waals surface area contributed by atoms with Crippen LogP contribution in [-0.2, 0) is 0 Å². The van der Waals surface area contributed by atoms with Crippen molar-refractivity contribution in [1.82, 2.24) is 0 Å². The molecule has 0 aliphatic rings. The SMILES string of the molecule is Cc1ccc(C(O)c2ccc(C(C)C)cc2)cc1Br. The zero-order valence-corrected chi connectivity index (χ0v) is 13.1. The van der Waals surface area contributed by atoms with Crippen LogP contribution in [0.15, 0.2) is 46.9 Å². The lowest BCUT2D eigenvalue weighted by Crippen LogP contribution is -2.00. The predicted molar refractivity (Wildman–Crippen MR) is 83.5 cm³/mol. The van der Waals surface area contributed by atoms with E-state index in [4.69, 9.17) is 0 Å². The second kappa shape index (κ2) is 5.89. The lowest BCUT2D eigenvalue weighted by atomic mass is 9.97. The number of aliphatic hydroxyl groups excluding tert-OH is 1. The van der Waals surface area contributed by atoms with Gasteiger partial charge in [0.05, 0.1) is 0 Å². The van der Waals surface area contributed by atoms with E-state index < -0.39 is 6.10 Å². The van der Waals surface area contributed by atoms with Crippen molar-refractivity contribution in [3.05, 3.63) is 69.2 Å². The Morgan fingerprint density at radius 2 is 1.42 bits per heavy atom. The molecule has 0 heterocycles. The van der Waals surface area contributed by atoms with Crippen LogP contribution in [0.25, 0.3) is 0 Å². The molecule has 2 aromatic rings. The van der Waals surface area contributed by atoms with E-state index in [9.17, 15) is 5.11 Å². The van der Waals surface area contributed by atoms with Crippen molar-refractivity contribution in [2.45, 2.75) is 32.8 Å². The third kappa shape index (κ3) is 3.26. The molecule has 0 fully saturated rings. The van der Waals surface area contributed by atoms with Crippen molar-refractivity contribution in [1.29, 1.82) is 0 Å². The molecular weight excluding hydrogens is 300 g/mol. The predicted octanol–water partition coefficient (Wildman–Crippen LogP) is 4.96. The van der Waals surface area contributed by atoms with Crippen molar-refractivity contribution in [3.8, 4) is 0 Å². The van der Waals surface area contributed by atoms with E-state index >= 15 is 0 Å². The van der Waals surface area contributed by atoms with Gasteiger partial charge >= 0.3 is 0 Å². The molecule has 0 bridgehead atoms. The quantitative estimate of drug-likeness (QED) is 0.847. The normalized spacial score (nSPS) is 12.7. The second-order valence-electron chi connectivity index (χ2n) is 5.23. The van der Waals surface area contributed by atoms with Crippen molar-refractivity contribution in [2.75, 3.05) is 0 Å². The van der Waals surface area contributed by atoms with Crippen LogP contribution in [0.4, 0.5) is 0 Å². The van der Waals surface area contributed by atoms with Gasteiger partial charge in [0.25, 0.3) is 0 Å². The lowest BCUT2D eigenvalue weighted by Gasteiger charge is -2.14. The van der Waals surface area contributed by atoms with Gasteiger partial charge in [0.2, 0.25) is 0 Å². The molecule has 0 aromatic heterocycles. The Morgan fingerprint density at radius 3 is 1.95 bits per heavy atom. The molecule has 0 radical (unpaired) electrons. The van der Waals surface area contributed by atoms with Gasteiger partial charge in [-0.05, 0) is 41.2 Å². The first-order valence-corrected chi connectivity index (χ1v) is 7.32. The first-order chi connectivity index (χ1) is 8.99. The van der Waals surface area contributed by atoms with E-state index in [-0.39, 0.29) is 0 Å². The molecule has 1 unspecified atom stereocenters. The van der Waals surface area contributed by atoms with E-state index in [1.807, 2.05) is 37.3 Å². The summed E-state index contributed by atoms with van der Waals surface area (Å²) < 4.78 is 1.03. The fourth-order valence-electron chi connectivity index (χ4n) is 2.03. The van der Waals surface area contributed by atoms with Crippen LogP contribution in [-0.4, -0.2) is 5.11 Å². The molecule has 1 atom stereocenters. The van der Waals surface area contributed by atoms with Crippen molar-refractivity contribution in [2.24, 2.45) is 0 Å². The summed E-state index contributed by atoms with van der Waals surface area (Å²) in [6.45, 7) is 6.38. The Bertz CT molecular complexity index is 558. The summed E-state index contributed by atoms with van der Waals surface area (Å²) in [7, 11) is 0. The van der Waals surface area contributed by atoms with Gasteiger partial charge in [0, 0.05) is 4.47 Å². The molecule has 0 saturated heterocycles. The summed E-state index contributed by atoms with van der Waals surface area (Å²) in [5.41, 5.74) is 4.31. The minimum Gasteiger partial charge on any atom is -0.384 e. The highest BCUT2D eigenvalue weighted by molar-refractivity contribution is 9.10. The van der Waals surface area contributed by atoms with Gasteiger partial charge in [-0.25, -0.2) is 0 Å². The molecule has 2 aromatic carbocycles. The summed E-state index contributed by atoms with van der Waals surface area (Å²) in [6.07, 6.45) is -0.571. The van der Waals surface area contributed by atoms with Gasteiger partial charge in [-0.2, -0.15) is 0 Å². The summed E-state index contributed by atoms with van der Waals surface area (Å²) in [5.74, 6) is 0.514. The monoisotopic (exact) mass is 318 g/mol. The van der Waals surface area contributed by atoms with Gasteiger partial charge in [-0.1, -0.05) is 66.2 Å². The minimum absolute atomic E-state index is 0.514. The number of aliphatic hydroxyl groups is 1. The van der Waals surface area contributed by atoms with Gasteiger partial charge in [-0.3, -0.25) is 0 Å². The summed E-state index contributed by atoms with van der Waals surface area (Å²) in [4.78, 5) is 0. The maximum absolute atomic E-state index is 10.4. The first kappa shape index (κ1) is 14.3. The minimum atomic E-state index is -0.571. The van der Waals surface area contributed by atoms with Crippen molar-refractivity contribution < 1.29 is 5.11 Å². The third-order valence-electron chi connectivity index (χ3n) is 3.43. The third-order valence-corrected chi connectivity index (χ3v) is 4.28. The summed E-state index contributed by atoms with van der Waals surface area (Å²) in [6, 6.07) is 14.2. The van der Waals surface area contributed by atoms with Crippen LogP contribution in [0, 0.1) is 6.92 Å². The first-order valence-electron chi connectivity index (χ1n) is 6.53. The van der Waals surface area contributed by atoms with E-state index in [1.165, 1.54) is 11.1 Å². The molecule has 0 aliphatic heterocycles. The Labute approximate surface area is 123 Å². The number of aryl methyl sites for hydroxylation is 1. The van der Waals surface area contributed by atoms with E-state index in [0.717, 1.165) is 15.6 Å². The van der Waals surface area contributed by atoms with Gasteiger partial charge in [0.1, 0.15) is 6.10 Å². The lowest BCUT2D eigenvalue weighted by molar-refractivity contribution is 0.220. The van der Waals surface area contributed by atoms with Crippen molar-refractivity contribution in [3.63, 3.8) is 0 Å². The zero-order valence-electron chi connectivity index (χ0n) is 11.5.